The fraction of sp³-hybridized carbons (Fsp3) is 0.467. The summed E-state index contributed by atoms with van der Waals surface area (Å²) < 4.78 is 0. The molecule has 2 fully saturated rings. The average molecular weight is 334 g/mol. The average Bonchev–Trinajstić information content (AvgIpc) is 3.12. The quantitative estimate of drug-likeness (QED) is 0.629. The second-order valence-electron chi connectivity index (χ2n) is 6.15. The molecule has 1 aromatic rings. The first-order valence-electron chi connectivity index (χ1n) is 7.64. The van der Waals surface area contributed by atoms with Gasteiger partial charge < -0.3 is 20.2 Å². The van der Waals surface area contributed by atoms with Gasteiger partial charge in [-0.2, -0.15) is 0 Å². The van der Waals surface area contributed by atoms with E-state index in [-0.39, 0.29) is 23.1 Å². The highest BCUT2D eigenvalue weighted by molar-refractivity contribution is 5.99. The fourth-order valence-electron chi connectivity index (χ4n) is 3.56. The van der Waals surface area contributed by atoms with Gasteiger partial charge >= 0.3 is 6.09 Å². The summed E-state index contributed by atoms with van der Waals surface area (Å²) >= 11 is 0. The van der Waals surface area contributed by atoms with Gasteiger partial charge in [-0.05, 0) is 12.1 Å². The number of nitro groups is 1. The van der Waals surface area contributed by atoms with Crippen LogP contribution in [-0.2, 0) is 0 Å². The van der Waals surface area contributed by atoms with Gasteiger partial charge in [0.05, 0.1) is 4.92 Å². The van der Waals surface area contributed by atoms with Crippen molar-refractivity contribution in [3.05, 3.63) is 33.9 Å². The molecule has 0 saturated carbocycles. The van der Waals surface area contributed by atoms with E-state index in [9.17, 15) is 19.7 Å². The summed E-state index contributed by atoms with van der Waals surface area (Å²) in [4.78, 5) is 37.0. The number of benzene rings is 1. The molecule has 0 aliphatic carbocycles. The molecule has 0 aromatic heterocycles. The Morgan fingerprint density at radius 3 is 2.38 bits per heavy atom. The second-order valence-corrected chi connectivity index (χ2v) is 6.15. The zero-order chi connectivity index (χ0) is 17.4. The summed E-state index contributed by atoms with van der Waals surface area (Å²) in [6, 6.07) is 4.52. The van der Waals surface area contributed by atoms with Crippen molar-refractivity contribution >= 4 is 23.4 Å². The van der Waals surface area contributed by atoms with Gasteiger partial charge in [0, 0.05) is 56.8 Å². The number of carboxylic acid groups (broad SMARTS) is 1. The molecular weight excluding hydrogens is 316 g/mol. The van der Waals surface area contributed by atoms with E-state index in [1.54, 1.807) is 6.07 Å². The maximum Gasteiger partial charge on any atom is 0.407 e. The Balaban J connectivity index is 1.81. The van der Waals surface area contributed by atoms with Crippen molar-refractivity contribution < 1.29 is 19.6 Å². The number of anilines is 1. The third kappa shape index (κ3) is 2.72. The molecular formula is C15H18N4O5. The number of hydrogen-bond acceptors (Lipinski definition) is 5. The van der Waals surface area contributed by atoms with Crippen LogP contribution in [0.3, 0.4) is 0 Å². The summed E-state index contributed by atoms with van der Waals surface area (Å²) in [7, 11) is 1.43. The van der Waals surface area contributed by atoms with Crippen LogP contribution in [0, 0.1) is 22.0 Å². The standard InChI is InChI=1S/C15H18N4O5/c1-16-14(20)12-4-11(2-3-13(12)19(23)24)17-5-9-7-18(15(21)22)8-10(9)6-17/h2-4,9-10H,5-8H2,1H3,(H,16,20)(H,21,22). The van der Waals surface area contributed by atoms with Crippen LogP contribution in [-0.4, -0.2) is 60.2 Å². The van der Waals surface area contributed by atoms with Crippen LogP contribution in [0.25, 0.3) is 0 Å². The monoisotopic (exact) mass is 334 g/mol. The molecule has 2 N–H and O–H groups in total. The van der Waals surface area contributed by atoms with Gasteiger partial charge in [0.25, 0.3) is 11.6 Å². The molecule has 2 atom stereocenters. The number of carbonyl (C=O) groups is 2. The van der Waals surface area contributed by atoms with E-state index in [2.05, 4.69) is 10.2 Å². The van der Waals surface area contributed by atoms with Gasteiger partial charge in [-0.3, -0.25) is 14.9 Å². The van der Waals surface area contributed by atoms with Crippen molar-refractivity contribution in [2.45, 2.75) is 0 Å². The molecule has 2 aliphatic heterocycles. The minimum Gasteiger partial charge on any atom is -0.465 e. The topological polar surface area (TPSA) is 116 Å². The lowest BCUT2D eigenvalue weighted by Gasteiger charge is -2.22. The highest BCUT2D eigenvalue weighted by Crippen LogP contribution is 2.35. The Morgan fingerprint density at radius 1 is 1.25 bits per heavy atom. The first-order valence-corrected chi connectivity index (χ1v) is 7.64. The number of carbonyl (C=O) groups excluding carboxylic acids is 1. The Labute approximate surface area is 138 Å². The van der Waals surface area contributed by atoms with Gasteiger partial charge in [0.2, 0.25) is 0 Å². The first-order chi connectivity index (χ1) is 11.4. The third-order valence-electron chi connectivity index (χ3n) is 4.77. The maximum absolute atomic E-state index is 11.9. The molecule has 0 spiro atoms. The summed E-state index contributed by atoms with van der Waals surface area (Å²) in [6.07, 6.45) is -0.895. The normalized spacial score (nSPS) is 22.4. The van der Waals surface area contributed by atoms with Gasteiger partial charge in [-0.15, -0.1) is 0 Å². The second kappa shape index (κ2) is 5.99. The van der Waals surface area contributed by atoms with E-state index >= 15 is 0 Å². The van der Waals surface area contributed by atoms with Gasteiger partial charge in [0.15, 0.2) is 0 Å². The Morgan fingerprint density at radius 2 is 1.88 bits per heavy atom. The lowest BCUT2D eigenvalue weighted by molar-refractivity contribution is -0.385. The number of nitro benzene ring substituents is 1. The van der Waals surface area contributed by atoms with Crippen LogP contribution >= 0.6 is 0 Å². The number of nitrogens with zero attached hydrogens (tertiary/aromatic N) is 3. The molecule has 2 heterocycles. The number of amides is 2. The number of fused-ring (bicyclic) bond motifs is 1. The van der Waals surface area contributed by atoms with Crippen molar-refractivity contribution in [3.63, 3.8) is 0 Å². The van der Waals surface area contributed by atoms with Crippen molar-refractivity contribution in [1.29, 1.82) is 0 Å². The zero-order valence-electron chi connectivity index (χ0n) is 13.1. The smallest absolute Gasteiger partial charge is 0.407 e. The van der Waals surface area contributed by atoms with E-state index in [1.165, 1.54) is 24.1 Å². The van der Waals surface area contributed by atoms with Crippen LogP contribution in [0.15, 0.2) is 18.2 Å². The lowest BCUT2D eigenvalue weighted by Crippen LogP contribution is -2.32. The van der Waals surface area contributed by atoms with Crippen molar-refractivity contribution in [2.75, 3.05) is 38.1 Å². The lowest BCUT2D eigenvalue weighted by atomic mass is 10.0. The van der Waals surface area contributed by atoms with E-state index in [4.69, 9.17) is 5.11 Å². The van der Waals surface area contributed by atoms with Crippen LogP contribution in [0.4, 0.5) is 16.2 Å². The number of rotatable bonds is 3. The van der Waals surface area contributed by atoms with Gasteiger partial charge in [-0.1, -0.05) is 0 Å². The van der Waals surface area contributed by atoms with Crippen LogP contribution in [0.2, 0.25) is 0 Å². The van der Waals surface area contributed by atoms with Crippen LogP contribution in [0.5, 0.6) is 0 Å². The molecule has 2 aliphatic rings. The molecule has 2 amide bonds. The molecule has 24 heavy (non-hydrogen) atoms. The number of hydrogen-bond donors (Lipinski definition) is 2. The molecule has 0 radical (unpaired) electrons. The first kappa shape index (κ1) is 16.0. The molecule has 9 heteroatoms. The van der Waals surface area contributed by atoms with Gasteiger partial charge in [-0.25, -0.2) is 4.79 Å². The Bertz CT molecular complexity index is 693. The fourth-order valence-corrected chi connectivity index (χ4v) is 3.56. The Hall–Kier alpha value is -2.84. The van der Waals surface area contributed by atoms with Crippen molar-refractivity contribution in [2.24, 2.45) is 11.8 Å². The number of nitrogens with one attached hydrogen (secondary N) is 1. The summed E-state index contributed by atoms with van der Waals surface area (Å²) in [5.74, 6) is -0.000481. The minimum absolute atomic E-state index is 0.0317. The molecule has 0 bridgehead atoms. The number of likely N-dealkylation sites (tertiary alicyclic amines) is 1. The molecule has 2 unspecified atom stereocenters. The zero-order valence-corrected chi connectivity index (χ0v) is 13.1. The predicted molar refractivity (Wildman–Crippen MR) is 85.3 cm³/mol. The Kier molecular flexibility index (Phi) is 4.00. The molecule has 3 rings (SSSR count). The van der Waals surface area contributed by atoms with E-state index in [0.29, 0.717) is 26.2 Å². The summed E-state index contributed by atoms with van der Waals surface area (Å²) in [5.41, 5.74) is 0.550. The van der Waals surface area contributed by atoms with E-state index < -0.39 is 16.9 Å². The maximum atomic E-state index is 11.9. The molecule has 2 saturated heterocycles. The highest BCUT2D eigenvalue weighted by Gasteiger charge is 2.42. The molecule has 128 valence electrons. The third-order valence-corrected chi connectivity index (χ3v) is 4.77. The van der Waals surface area contributed by atoms with E-state index in [0.717, 1.165) is 5.69 Å². The van der Waals surface area contributed by atoms with Crippen LogP contribution < -0.4 is 10.2 Å². The summed E-state index contributed by atoms with van der Waals surface area (Å²) in [6.45, 7) is 2.37. The van der Waals surface area contributed by atoms with Crippen LogP contribution in [0.1, 0.15) is 10.4 Å². The highest BCUT2D eigenvalue weighted by atomic mass is 16.6. The SMILES string of the molecule is CNC(=O)c1cc(N2CC3CN(C(=O)O)CC3C2)ccc1[N+](=O)[O-]. The largest absolute Gasteiger partial charge is 0.465 e. The molecule has 9 nitrogen and oxygen atoms in total. The van der Waals surface area contributed by atoms with Gasteiger partial charge in [0.1, 0.15) is 5.56 Å². The van der Waals surface area contributed by atoms with Crippen molar-refractivity contribution in [1.82, 2.24) is 10.2 Å². The van der Waals surface area contributed by atoms with E-state index in [1.807, 2.05) is 0 Å². The van der Waals surface area contributed by atoms with Crippen molar-refractivity contribution in [3.8, 4) is 0 Å². The minimum atomic E-state index is -0.895. The predicted octanol–water partition coefficient (Wildman–Crippen LogP) is 1.00. The summed E-state index contributed by atoms with van der Waals surface area (Å²) in [5, 5.41) is 22.6. The molecule has 1 aromatic carbocycles.